The highest BCUT2D eigenvalue weighted by Crippen LogP contribution is 2.33. The first-order valence-electron chi connectivity index (χ1n) is 12.7. The number of nitrogens with one attached hydrogen (secondary N) is 2. The molecule has 36 heavy (non-hydrogen) atoms. The van der Waals surface area contributed by atoms with Crippen LogP contribution in [0.1, 0.15) is 54.8 Å². The predicted octanol–water partition coefficient (Wildman–Crippen LogP) is 3.44. The summed E-state index contributed by atoms with van der Waals surface area (Å²) in [6.45, 7) is 5.32. The fourth-order valence-corrected chi connectivity index (χ4v) is 5.09. The Labute approximate surface area is 208 Å². The molecule has 3 aromatic heterocycles. The maximum absolute atomic E-state index is 12.4. The van der Waals surface area contributed by atoms with Gasteiger partial charge in [0.2, 0.25) is 5.95 Å². The molecule has 2 aliphatic rings. The summed E-state index contributed by atoms with van der Waals surface area (Å²) in [6.07, 6.45) is 6.66. The number of benzene rings is 1. The molecule has 188 valence electrons. The predicted molar refractivity (Wildman–Crippen MR) is 135 cm³/mol. The molecule has 1 saturated carbocycles. The molecule has 1 aliphatic heterocycles. The summed E-state index contributed by atoms with van der Waals surface area (Å²) >= 11 is 0. The minimum absolute atomic E-state index is 0.316. The SMILES string of the molecule is CCOC(=O)c1cccc2[nH]c(CNc3nc(N4CCOCC4)nc4c3ncn4C3CCCC3)nc12. The highest BCUT2D eigenvalue weighted by molar-refractivity contribution is 6.02. The van der Waals surface area contributed by atoms with Gasteiger partial charge >= 0.3 is 5.97 Å². The Morgan fingerprint density at radius 3 is 2.81 bits per heavy atom. The summed E-state index contributed by atoms with van der Waals surface area (Å²) < 4.78 is 12.9. The number of rotatable bonds is 7. The van der Waals surface area contributed by atoms with Crippen molar-refractivity contribution < 1.29 is 14.3 Å². The van der Waals surface area contributed by atoms with Gasteiger partial charge in [-0.2, -0.15) is 9.97 Å². The van der Waals surface area contributed by atoms with Crippen molar-refractivity contribution in [3.05, 3.63) is 35.9 Å². The lowest BCUT2D eigenvalue weighted by Gasteiger charge is -2.27. The Bertz CT molecular complexity index is 1380. The second-order valence-electron chi connectivity index (χ2n) is 9.19. The lowest BCUT2D eigenvalue weighted by molar-refractivity contribution is 0.0528. The van der Waals surface area contributed by atoms with E-state index in [4.69, 9.17) is 24.4 Å². The van der Waals surface area contributed by atoms with Crippen LogP contribution in [0.3, 0.4) is 0 Å². The molecule has 6 rings (SSSR count). The zero-order chi connectivity index (χ0) is 24.5. The van der Waals surface area contributed by atoms with E-state index in [2.05, 4.69) is 24.8 Å². The number of H-pyrrole nitrogens is 1. The van der Waals surface area contributed by atoms with Gasteiger partial charge in [-0.3, -0.25) is 0 Å². The van der Waals surface area contributed by atoms with E-state index in [0.717, 1.165) is 42.6 Å². The molecule has 11 heteroatoms. The first-order valence-corrected chi connectivity index (χ1v) is 12.7. The van der Waals surface area contributed by atoms with Crippen molar-refractivity contribution in [2.45, 2.75) is 45.2 Å². The van der Waals surface area contributed by atoms with Gasteiger partial charge in [0.1, 0.15) is 11.3 Å². The number of imidazole rings is 2. The summed E-state index contributed by atoms with van der Waals surface area (Å²) in [4.78, 5) is 37.0. The number of esters is 1. The lowest BCUT2D eigenvalue weighted by Crippen LogP contribution is -2.37. The largest absolute Gasteiger partial charge is 0.462 e. The molecular weight excluding hydrogens is 460 g/mol. The lowest BCUT2D eigenvalue weighted by atomic mass is 10.2. The van der Waals surface area contributed by atoms with Crippen LogP contribution in [0.2, 0.25) is 0 Å². The van der Waals surface area contributed by atoms with E-state index in [1.54, 1.807) is 13.0 Å². The van der Waals surface area contributed by atoms with Crippen molar-refractivity contribution in [2.24, 2.45) is 0 Å². The van der Waals surface area contributed by atoms with Crippen LogP contribution in [0.5, 0.6) is 0 Å². The third-order valence-corrected chi connectivity index (χ3v) is 6.90. The van der Waals surface area contributed by atoms with Crippen molar-refractivity contribution in [1.82, 2.24) is 29.5 Å². The van der Waals surface area contributed by atoms with E-state index in [0.29, 0.717) is 61.1 Å². The average molecular weight is 491 g/mol. The Morgan fingerprint density at radius 1 is 1.17 bits per heavy atom. The quantitative estimate of drug-likeness (QED) is 0.375. The molecule has 4 heterocycles. The third kappa shape index (κ3) is 4.23. The van der Waals surface area contributed by atoms with Gasteiger partial charge < -0.3 is 29.2 Å². The number of para-hydroxylation sites is 1. The van der Waals surface area contributed by atoms with Gasteiger partial charge in [0.25, 0.3) is 0 Å². The number of hydrogen-bond acceptors (Lipinski definition) is 9. The molecule has 11 nitrogen and oxygen atoms in total. The number of hydrogen-bond donors (Lipinski definition) is 2. The molecular formula is C25H30N8O3. The third-order valence-electron chi connectivity index (χ3n) is 6.90. The molecule has 2 N–H and O–H groups in total. The molecule has 1 aromatic carbocycles. The van der Waals surface area contributed by atoms with Crippen molar-refractivity contribution in [2.75, 3.05) is 43.1 Å². The van der Waals surface area contributed by atoms with Crippen molar-refractivity contribution in [1.29, 1.82) is 0 Å². The maximum Gasteiger partial charge on any atom is 0.340 e. The topological polar surface area (TPSA) is 123 Å². The van der Waals surface area contributed by atoms with Crippen LogP contribution in [0, 0.1) is 0 Å². The second-order valence-corrected chi connectivity index (χ2v) is 9.19. The number of carbonyl (C=O) groups excluding carboxylic acids is 1. The smallest absolute Gasteiger partial charge is 0.340 e. The Morgan fingerprint density at radius 2 is 2.00 bits per heavy atom. The molecule has 1 aliphatic carbocycles. The van der Waals surface area contributed by atoms with Crippen molar-refractivity contribution >= 4 is 39.9 Å². The average Bonchev–Trinajstić information content (AvgIpc) is 3.66. The number of carbonyl (C=O) groups is 1. The number of nitrogens with zero attached hydrogens (tertiary/aromatic N) is 6. The first-order chi connectivity index (χ1) is 17.7. The molecule has 0 amide bonds. The second kappa shape index (κ2) is 9.73. The number of aromatic amines is 1. The number of fused-ring (bicyclic) bond motifs is 2. The first kappa shape index (κ1) is 22.7. The van der Waals surface area contributed by atoms with Gasteiger partial charge in [0.05, 0.1) is 43.8 Å². The van der Waals surface area contributed by atoms with Crippen LogP contribution >= 0.6 is 0 Å². The number of aromatic nitrogens is 6. The summed E-state index contributed by atoms with van der Waals surface area (Å²) in [7, 11) is 0. The summed E-state index contributed by atoms with van der Waals surface area (Å²) in [5.41, 5.74) is 3.44. The minimum atomic E-state index is -0.376. The zero-order valence-corrected chi connectivity index (χ0v) is 20.4. The summed E-state index contributed by atoms with van der Waals surface area (Å²) in [6, 6.07) is 5.88. The maximum atomic E-state index is 12.4. The number of ether oxygens (including phenoxy) is 2. The van der Waals surface area contributed by atoms with E-state index in [1.165, 1.54) is 12.8 Å². The molecule has 2 fully saturated rings. The number of anilines is 2. The van der Waals surface area contributed by atoms with Gasteiger partial charge in [0.15, 0.2) is 17.0 Å². The summed E-state index contributed by atoms with van der Waals surface area (Å²) in [5, 5.41) is 3.43. The monoisotopic (exact) mass is 490 g/mol. The highest BCUT2D eigenvalue weighted by atomic mass is 16.5. The van der Waals surface area contributed by atoms with Crippen LogP contribution in [0.15, 0.2) is 24.5 Å². The molecule has 0 radical (unpaired) electrons. The van der Waals surface area contributed by atoms with Crippen LogP contribution < -0.4 is 10.2 Å². The van der Waals surface area contributed by atoms with Crippen LogP contribution in [-0.2, 0) is 16.0 Å². The van der Waals surface area contributed by atoms with Gasteiger partial charge in [-0.25, -0.2) is 14.8 Å². The highest BCUT2D eigenvalue weighted by Gasteiger charge is 2.24. The Kier molecular flexibility index (Phi) is 6.14. The van der Waals surface area contributed by atoms with Gasteiger partial charge in [-0.15, -0.1) is 0 Å². The Balaban J connectivity index is 1.33. The van der Waals surface area contributed by atoms with E-state index < -0.39 is 0 Å². The standard InChI is InChI=1S/C25H30N8O3/c1-2-36-24(34)17-8-5-9-18-20(17)29-19(28-18)14-26-22-21-23(33(15-27-21)16-6-3-4-7-16)31-25(30-22)32-10-12-35-13-11-32/h5,8-9,15-16H,2-4,6-7,10-14H2,1H3,(H,28,29)(H,26,30,31). The van der Waals surface area contributed by atoms with E-state index >= 15 is 0 Å². The molecule has 4 aromatic rings. The Hall–Kier alpha value is -3.73. The van der Waals surface area contributed by atoms with Crippen LogP contribution in [0.4, 0.5) is 11.8 Å². The van der Waals surface area contributed by atoms with Crippen LogP contribution in [0.25, 0.3) is 22.2 Å². The molecule has 0 unspecified atom stereocenters. The van der Waals surface area contributed by atoms with E-state index in [1.807, 2.05) is 18.5 Å². The fraction of sp³-hybridized carbons (Fsp3) is 0.480. The molecule has 0 bridgehead atoms. The summed E-state index contributed by atoms with van der Waals surface area (Å²) in [5.74, 6) is 1.67. The normalized spacial score (nSPS) is 16.8. The fourth-order valence-electron chi connectivity index (χ4n) is 5.09. The van der Waals surface area contributed by atoms with E-state index in [9.17, 15) is 4.79 Å². The van der Waals surface area contributed by atoms with Crippen molar-refractivity contribution in [3.8, 4) is 0 Å². The van der Waals surface area contributed by atoms with Gasteiger partial charge in [-0.05, 0) is 31.9 Å². The van der Waals surface area contributed by atoms with E-state index in [-0.39, 0.29) is 5.97 Å². The van der Waals surface area contributed by atoms with Crippen molar-refractivity contribution in [3.63, 3.8) is 0 Å². The minimum Gasteiger partial charge on any atom is -0.462 e. The van der Waals surface area contributed by atoms with Gasteiger partial charge in [0, 0.05) is 19.1 Å². The molecule has 1 saturated heterocycles. The van der Waals surface area contributed by atoms with Crippen LogP contribution in [-0.4, -0.2) is 68.4 Å². The molecule has 0 spiro atoms. The zero-order valence-electron chi connectivity index (χ0n) is 20.4. The number of morpholine rings is 1. The van der Waals surface area contributed by atoms with Gasteiger partial charge in [-0.1, -0.05) is 18.9 Å². The molecule has 0 atom stereocenters.